The van der Waals surface area contributed by atoms with Crippen molar-refractivity contribution in [2.24, 2.45) is 17.2 Å². The van der Waals surface area contributed by atoms with Gasteiger partial charge >= 0.3 is 21.7 Å². The molecule has 6 N–H and O–H groups in total. The first-order valence-corrected chi connectivity index (χ1v) is 5.01. The largest absolute Gasteiger partial charge is 3.00 e. The van der Waals surface area contributed by atoms with Gasteiger partial charge in [-0.3, -0.25) is 0 Å². The molecule has 0 aromatic carbocycles. The third-order valence-electron chi connectivity index (χ3n) is 1.05. The van der Waals surface area contributed by atoms with Crippen LogP contribution < -0.4 is 32.5 Å². The quantitative estimate of drug-likeness (QED) is 0.399. The van der Waals surface area contributed by atoms with Crippen LogP contribution in [0.1, 0.15) is 19.3 Å². The van der Waals surface area contributed by atoms with Crippen molar-refractivity contribution in [1.29, 1.82) is 0 Å². The Morgan fingerprint density at radius 3 is 0.789 bits per heavy atom. The van der Waals surface area contributed by atoms with E-state index in [2.05, 4.69) is 0 Å². The Hall–Kier alpha value is -0.996. The van der Waals surface area contributed by atoms with Crippen LogP contribution in [-0.4, -0.2) is 37.5 Å². The number of hydrogen-bond acceptors (Lipinski definition) is 9. The number of hydrogen-bond donors (Lipinski definition) is 3. The van der Waals surface area contributed by atoms with Gasteiger partial charge in [0.15, 0.2) is 0 Å². The van der Waals surface area contributed by atoms with E-state index in [1.165, 1.54) is 0 Å². The summed E-state index contributed by atoms with van der Waals surface area (Å²) in [6, 6.07) is 0. The summed E-state index contributed by atoms with van der Waals surface area (Å²) in [6.45, 7) is 0.507. The van der Waals surface area contributed by atoms with Gasteiger partial charge in [0, 0.05) is 17.9 Å². The van der Waals surface area contributed by atoms with Gasteiger partial charge in [0.1, 0.15) is 0 Å². The van der Waals surface area contributed by atoms with E-state index in [4.69, 9.17) is 17.2 Å². The molecular formula is C9H18N3O6Ti. The van der Waals surface area contributed by atoms with E-state index in [0.29, 0.717) is 0 Å². The van der Waals surface area contributed by atoms with E-state index >= 15 is 0 Å². The summed E-state index contributed by atoms with van der Waals surface area (Å²) >= 11 is 0. The Bertz CT molecular complexity index is 202. The molecule has 0 aliphatic rings. The summed E-state index contributed by atoms with van der Waals surface area (Å²) in [5, 5.41) is 28.2. The summed E-state index contributed by atoms with van der Waals surface area (Å²) in [6.07, 6.45) is -0.125. The minimum absolute atomic E-state index is 0. The van der Waals surface area contributed by atoms with Crippen molar-refractivity contribution in [3.8, 4) is 0 Å². The van der Waals surface area contributed by atoms with E-state index in [-0.39, 0.29) is 60.6 Å². The predicted octanol–water partition coefficient (Wildman–Crippen LogP) is -5.75. The molecule has 109 valence electrons. The third kappa shape index (κ3) is 59.8. The maximum atomic E-state index is 9.41. The molecule has 10 heteroatoms. The van der Waals surface area contributed by atoms with Crippen LogP contribution in [0.2, 0.25) is 0 Å². The number of carbonyl (C=O) groups is 3. The van der Waals surface area contributed by atoms with Crippen molar-refractivity contribution in [1.82, 2.24) is 0 Å². The second kappa shape index (κ2) is 22.2. The van der Waals surface area contributed by atoms with Crippen LogP contribution in [0.15, 0.2) is 0 Å². The van der Waals surface area contributed by atoms with Crippen molar-refractivity contribution < 1.29 is 51.4 Å². The van der Waals surface area contributed by atoms with Gasteiger partial charge in [0.2, 0.25) is 0 Å². The standard InChI is InChI=1S/3C3H7NO2.Ti/c3*4-2-1-3(5)6;/h3*1-2,4H2,(H,5,6);/q;;;+3/p-3. The Morgan fingerprint density at radius 1 is 0.632 bits per heavy atom. The normalized spacial score (nSPS) is 7.74. The van der Waals surface area contributed by atoms with Crippen LogP contribution in [0.5, 0.6) is 0 Å². The van der Waals surface area contributed by atoms with Gasteiger partial charge in [-0.15, -0.1) is 0 Å². The average Bonchev–Trinajstić information content (AvgIpc) is 2.18. The first-order chi connectivity index (χ1) is 8.31. The number of carboxylic acids is 3. The molecule has 0 saturated heterocycles. The molecule has 1 radical (unpaired) electrons. The van der Waals surface area contributed by atoms with E-state index in [0.717, 1.165) is 0 Å². The molecule has 0 unspecified atom stereocenters. The predicted molar refractivity (Wildman–Crippen MR) is 56.0 cm³/mol. The zero-order valence-corrected chi connectivity index (χ0v) is 12.0. The summed E-state index contributed by atoms with van der Waals surface area (Å²) in [5.74, 6) is -3.26. The summed E-state index contributed by atoms with van der Waals surface area (Å²) in [5.41, 5.74) is 14.4. The van der Waals surface area contributed by atoms with Crippen molar-refractivity contribution in [2.75, 3.05) is 19.6 Å². The van der Waals surface area contributed by atoms with Crippen LogP contribution in [0, 0.1) is 0 Å². The van der Waals surface area contributed by atoms with Crippen LogP contribution in [-0.2, 0) is 36.1 Å². The molecular weight excluding hydrogens is 294 g/mol. The van der Waals surface area contributed by atoms with Gasteiger partial charge in [-0.2, -0.15) is 0 Å². The van der Waals surface area contributed by atoms with Crippen molar-refractivity contribution in [2.45, 2.75) is 19.3 Å². The molecule has 0 atom stereocenters. The fourth-order valence-corrected chi connectivity index (χ4v) is 0.354. The van der Waals surface area contributed by atoms with Crippen LogP contribution in [0.3, 0.4) is 0 Å². The molecule has 0 bridgehead atoms. The Balaban J connectivity index is -0.0000000865. The molecule has 0 spiro atoms. The number of rotatable bonds is 6. The molecule has 9 nitrogen and oxygen atoms in total. The topological polar surface area (TPSA) is 198 Å². The van der Waals surface area contributed by atoms with Crippen molar-refractivity contribution in [3.05, 3.63) is 0 Å². The maximum absolute atomic E-state index is 9.41. The molecule has 0 aliphatic carbocycles. The third-order valence-corrected chi connectivity index (χ3v) is 1.05. The van der Waals surface area contributed by atoms with Gasteiger partial charge in [-0.05, 0) is 38.9 Å². The molecule has 0 amide bonds. The summed E-state index contributed by atoms with van der Waals surface area (Å²) in [4.78, 5) is 28.2. The Kier molecular flexibility index (Phi) is 31.0. The minimum Gasteiger partial charge on any atom is -0.550 e. The molecule has 19 heavy (non-hydrogen) atoms. The van der Waals surface area contributed by atoms with E-state index < -0.39 is 17.9 Å². The molecule has 0 aromatic heterocycles. The zero-order valence-electron chi connectivity index (χ0n) is 10.4. The first kappa shape index (κ1) is 26.5. The number of nitrogens with two attached hydrogens (primary N) is 3. The van der Waals surface area contributed by atoms with E-state index in [9.17, 15) is 29.7 Å². The monoisotopic (exact) mass is 312 g/mol. The van der Waals surface area contributed by atoms with E-state index in [1.54, 1.807) is 0 Å². The number of carbonyl (C=O) groups excluding carboxylic acids is 3. The van der Waals surface area contributed by atoms with Gasteiger partial charge in [-0.25, -0.2) is 0 Å². The fourth-order valence-electron chi connectivity index (χ4n) is 0.354. The Morgan fingerprint density at radius 2 is 0.789 bits per heavy atom. The Labute approximate surface area is 126 Å². The van der Waals surface area contributed by atoms with Crippen LogP contribution in [0.4, 0.5) is 0 Å². The molecule has 0 rings (SSSR count). The SMILES string of the molecule is NCCC(=O)[O-].NCCC(=O)[O-].NCCC(=O)[O-].[Ti+3]. The zero-order chi connectivity index (χ0) is 15.0. The van der Waals surface area contributed by atoms with Gasteiger partial charge in [-0.1, -0.05) is 0 Å². The summed E-state index contributed by atoms with van der Waals surface area (Å²) < 4.78 is 0. The molecule has 0 heterocycles. The maximum Gasteiger partial charge on any atom is 3.00 e. The molecule has 0 aliphatic heterocycles. The van der Waals surface area contributed by atoms with Crippen molar-refractivity contribution >= 4 is 17.9 Å². The molecule has 0 saturated carbocycles. The fraction of sp³-hybridized carbons (Fsp3) is 0.667. The molecule has 0 aromatic rings. The summed E-state index contributed by atoms with van der Waals surface area (Å²) in [7, 11) is 0. The second-order valence-corrected chi connectivity index (χ2v) is 2.73. The average molecular weight is 312 g/mol. The van der Waals surface area contributed by atoms with Crippen LogP contribution in [0.25, 0.3) is 0 Å². The smallest absolute Gasteiger partial charge is 0.550 e. The van der Waals surface area contributed by atoms with Crippen molar-refractivity contribution in [3.63, 3.8) is 0 Å². The van der Waals surface area contributed by atoms with Crippen LogP contribution >= 0.6 is 0 Å². The number of carboxylic acid groups (broad SMARTS) is 3. The van der Waals surface area contributed by atoms with Gasteiger partial charge < -0.3 is 46.9 Å². The minimum atomic E-state index is -1.09. The first-order valence-electron chi connectivity index (χ1n) is 5.01. The van der Waals surface area contributed by atoms with Gasteiger partial charge in [0.05, 0.1) is 0 Å². The number of aliphatic carboxylic acids is 3. The van der Waals surface area contributed by atoms with E-state index in [1.807, 2.05) is 0 Å². The van der Waals surface area contributed by atoms with Gasteiger partial charge in [0.25, 0.3) is 0 Å². The second-order valence-electron chi connectivity index (χ2n) is 2.73. The molecule has 0 fully saturated rings.